The number of aromatic amines is 1. The highest BCUT2D eigenvalue weighted by Gasteiger charge is 2.43. The van der Waals surface area contributed by atoms with Crippen LogP contribution in [0.2, 0.25) is 0 Å². The molecule has 1 aliphatic rings. The van der Waals surface area contributed by atoms with E-state index in [0.717, 1.165) is 22.0 Å². The Morgan fingerprint density at radius 3 is 2.28 bits per heavy atom. The van der Waals surface area contributed by atoms with Crippen molar-refractivity contribution in [3.63, 3.8) is 0 Å². The number of nitrogens with zero attached hydrogens (tertiary/aromatic N) is 1. The summed E-state index contributed by atoms with van der Waals surface area (Å²) in [7, 11) is 0. The Labute approximate surface area is 183 Å². The van der Waals surface area contributed by atoms with Crippen molar-refractivity contribution < 1.29 is 30.9 Å². The first kappa shape index (κ1) is 23.0. The lowest BCUT2D eigenvalue weighted by Crippen LogP contribution is -2.38. The van der Waals surface area contributed by atoms with Gasteiger partial charge in [0.2, 0.25) is 0 Å². The molecule has 0 aliphatic carbocycles. The number of alkyl halides is 6. The zero-order chi connectivity index (χ0) is 23.3. The van der Waals surface area contributed by atoms with Crippen molar-refractivity contribution in [2.75, 3.05) is 13.1 Å². The normalized spacial score (nSPS) is 17.8. The fourth-order valence-corrected chi connectivity index (χ4v) is 5.56. The number of rotatable bonds is 3. The monoisotopic (exact) mass is 474 g/mol. The molecule has 1 atom stereocenters. The molecule has 0 bridgehead atoms. The SMILES string of the molecule is Cc1ccc2[nH]cc(C3CCN([S+]([O-])c4cc(C(F)(F)F)ccc4C(F)(F)F)CC3)c2c1. The van der Waals surface area contributed by atoms with Crippen LogP contribution in [0.4, 0.5) is 26.3 Å². The van der Waals surface area contributed by atoms with Gasteiger partial charge in [-0.15, -0.1) is 4.31 Å². The summed E-state index contributed by atoms with van der Waals surface area (Å²) in [6, 6.07) is 7.11. The molecule has 0 amide bonds. The third kappa shape index (κ3) is 4.49. The number of hydrogen-bond donors (Lipinski definition) is 1. The minimum Gasteiger partial charge on any atom is -0.593 e. The molecule has 2 heterocycles. The van der Waals surface area contributed by atoms with E-state index in [1.54, 1.807) is 0 Å². The second-order valence-electron chi connectivity index (χ2n) is 7.95. The number of fused-ring (bicyclic) bond motifs is 1. The van der Waals surface area contributed by atoms with Crippen LogP contribution < -0.4 is 0 Å². The largest absolute Gasteiger partial charge is 0.593 e. The van der Waals surface area contributed by atoms with Crippen LogP contribution >= 0.6 is 0 Å². The number of benzene rings is 2. The highest BCUT2D eigenvalue weighted by Crippen LogP contribution is 2.41. The Morgan fingerprint density at radius 2 is 1.66 bits per heavy atom. The summed E-state index contributed by atoms with van der Waals surface area (Å²) >= 11 is -2.36. The van der Waals surface area contributed by atoms with Crippen molar-refractivity contribution >= 4 is 22.3 Å². The number of piperidine rings is 1. The van der Waals surface area contributed by atoms with E-state index in [1.165, 1.54) is 4.31 Å². The molecule has 1 unspecified atom stereocenters. The standard InChI is InChI=1S/C22H20F6N2OS/c1-13-2-5-19-16(10-13)17(12-29-19)14-6-8-30(9-7-14)32(31)20-11-15(21(23,24)25)3-4-18(20)22(26,27)28/h2-5,10-12,14,29H,6-9H2,1H3. The zero-order valence-corrected chi connectivity index (χ0v) is 17.8. The number of hydrogen-bond acceptors (Lipinski definition) is 2. The quantitative estimate of drug-likeness (QED) is 0.352. The fraction of sp³-hybridized carbons (Fsp3) is 0.364. The molecular formula is C22H20F6N2OS. The average molecular weight is 474 g/mol. The summed E-state index contributed by atoms with van der Waals surface area (Å²) in [5.74, 6) is 0.113. The summed E-state index contributed by atoms with van der Waals surface area (Å²) in [5, 5.41) is 1.07. The van der Waals surface area contributed by atoms with Crippen molar-refractivity contribution in [3.8, 4) is 0 Å². The van der Waals surface area contributed by atoms with Crippen molar-refractivity contribution in [3.05, 3.63) is 64.8 Å². The lowest BCUT2D eigenvalue weighted by atomic mass is 9.90. The van der Waals surface area contributed by atoms with Crippen molar-refractivity contribution in [1.82, 2.24) is 9.29 Å². The molecule has 1 N–H and O–H groups in total. The molecule has 3 aromatic rings. The van der Waals surface area contributed by atoms with Crippen molar-refractivity contribution in [2.45, 2.75) is 42.9 Å². The molecule has 1 aromatic heterocycles. The summed E-state index contributed by atoms with van der Waals surface area (Å²) < 4.78 is 93.7. The first-order valence-corrected chi connectivity index (χ1v) is 11.1. The van der Waals surface area contributed by atoms with Crippen molar-refractivity contribution in [2.24, 2.45) is 0 Å². The minimum atomic E-state index is -4.91. The summed E-state index contributed by atoms with van der Waals surface area (Å²) in [5.41, 5.74) is 0.608. The van der Waals surface area contributed by atoms with E-state index in [1.807, 2.05) is 25.3 Å². The molecule has 32 heavy (non-hydrogen) atoms. The first-order chi connectivity index (χ1) is 14.9. The Balaban J connectivity index is 1.56. The second-order valence-corrected chi connectivity index (χ2v) is 9.41. The number of aryl methyl sites for hydroxylation is 1. The number of nitrogens with one attached hydrogen (secondary N) is 1. The van der Waals surface area contributed by atoms with Gasteiger partial charge >= 0.3 is 12.4 Å². The van der Waals surface area contributed by atoms with E-state index in [9.17, 15) is 30.9 Å². The van der Waals surface area contributed by atoms with E-state index in [-0.39, 0.29) is 19.0 Å². The maximum Gasteiger partial charge on any atom is 0.421 e. The Kier molecular flexibility index (Phi) is 5.98. The predicted octanol–water partition coefficient (Wildman–Crippen LogP) is 6.42. The maximum absolute atomic E-state index is 13.4. The molecule has 1 fully saturated rings. The van der Waals surface area contributed by atoms with Crippen LogP contribution in [0.15, 0.2) is 47.5 Å². The van der Waals surface area contributed by atoms with Crippen LogP contribution in [0.25, 0.3) is 10.9 Å². The number of H-pyrrole nitrogens is 1. The predicted molar refractivity (Wildman–Crippen MR) is 109 cm³/mol. The van der Waals surface area contributed by atoms with E-state index < -0.39 is 39.7 Å². The van der Waals surface area contributed by atoms with Crippen LogP contribution in [0.3, 0.4) is 0 Å². The molecule has 2 aromatic carbocycles. The van der Waals surface area contributed by atoms with Gasteiger partial charge in [-0.25, -0.2) is 0 Å². The van der Waals surface area contributed by atoms with Gasteiger partial charge in [0.25, 0.3) is 0 Å². The summed E-state index contributed by atoms with van der Waals surface area (Å²) in [6.45, 7) is 2.40. The molecule has 10 heteroatoms. The van der Waals surface area contributed by atoms with Crippen LogP contribution in [0, 0.1) is 6.92 Å². The molecule has 0 saturated carbocycles. The lowest BCUT2D eigenvalue weighted by Gasteiger charge is -2.32. The Bertz CT molecular complexity index is 1120. The average Bonchev–Trinajstić information content (AvgIpc) is 3.14. The van der Waals surface area contributed by atoms with Gasteiger partial charge in [-0.05, 0) is 55.5 Å². The van der Waals surface area contributed by atoms with E-state index >= 15 is 0 Å². The molecule has 1 saturated heterocycles. The van der Waals surface area contributed by atoms with E-state index in [4.69, 9.17) is 0 Å². The molecular weight excluding hydrogens is 454 g/mol. The van der Waals surface area contributed by atoms with Gasteiger partial charge in [0, 0.05) is 36.3 Å². The molecule has 0 spiro atoms. The van der Waals surface area contributed by atoms with Gasteiger partial charge in [-0.1, -0.05) is 11.6 Å². The Hall–Kier alpha value is -2.17. The second kappa shape index (κ2) is 8.31. The molecule has 1 aliphatic heterocycles. The summed E-state index contributed by atoms with van der Waals surface area (Å²) in [4.78, 5) is 2.36. The third-order valence-corrected chi connectivity index (χ3v) is 7.35. The van der Waals surface area contributed by atoms with Crippen molar-refractivity contribution in [1.29, 1.82) is 0 Å². The smallest absolute Gasteiger partial charge is 0.421 e. The van der Waals surface area contributed by atoms with Gasteiger partial charge in [0.05, 0.1) is 16.9 Å². The van der Waals surface area contributed by atoms with Crippen LogP contribution in [0.1, 0.15) is 41.0 Å². The molecule has 3 nitrogen and oxygen atoms in total. The first-order valence-electron chi connectivity index (χ1n) is 9.98. The number of aromatic nitrogens is 1. The highest BCUT2D eigenvalue weighted by atomic mass is 32.2. The van der Waals surface area contributed by atoms with Gasteiger partial charge in [0.15, 0.2) is 4.90 Å². The third-order valence-electron chi connectivity index (χ3n) is 5.80. The van der Waals surface area contributed by atoms with Crippen LogP contribution in [-0.4, -0.2) is 26.9 Å². The Morgan fingerprint density at radius 1 is 0.969 bits per heavy atom. The highest BCUT2D eigenvalue weighted by molar-refractivity contribution is 7.89. The van der Waals surface area contributed by atoms with Gasteiger partial charge < -0.3 is 9.54 Å². The zero-order valence-electron chi connectivity index (χ0n) is 17.0. The van der Waals surface area contributed by atoms with Gasteiger partial charge in [0.1, 0.15) is 5.56 Å². The fourth-order valence-electron chi connectivity index (χ4n) is 4.14. The van der Waals surface area contributed by atoms with E-state index in [0.29, 0.717) is 31.0 Å². The molecule has 172 valence electrons. The van der Waals surface area contributed by atoms with Gasteiger partial charge in [-0.2, -0.15) is 26.3 Å². The molecule has 0 radical (unpaired) electrons. The van der Waals surface area contributed by atoms with Crippen LogP contribution in [0.5, 0.6) is 0 Å². The minimum absolute atomic E-state index is 0.113. The topological polar surface area (TPSA) is 42.1 Å². The number of halogens is 6. The van der Waals surface area contributed by atoms with Gasteiger partial charge in [-0.3, -0.25) is 0 Å². The van der Waals surface area contributed by atoms with E-state index in [2.05, 4.69) is 11.1 Å². The van der Waals surface area contributed by atoms with Crippen LogP contribution in [-0.2, 0) is 23.7 Å². The summed E-state index contributed by atoms with van der Waals surface area (Å²) in [6.07, 6.45) is -6.76. The maximum atomic E-state index is 13.4. The lowest BCUT2D eigenvalue weighted by molar-refractivity contribution is -0.143. The molecule has 4 rings (SSSR count).